The fourth-order valence-electron chi connectivity index (χ4n) is 2.98. The first kappa shape index (κ1) is 21.6. The molecule has 0 fully saturated rings. The molecule has 33 heavy (non-hydrogen) atoms. The van der Waals surface area contributed by atoms with Crippen LogP contribution in [-0.4, -0.2) is 27.9 Å². The van der Waals surface area contributed by atoms with Crippen LogP contribution in [0.3, 0.4) is 0 Å². The lowest BCUT2D eigenvalue weighted by Gasteiger charge is -2.12. The van der Waals surface area contributed by atoms with E-state index in [0.717, 1.165) is 16.9 Å². The Labute approximate surface area is 191 Å². The molecule has 2 aromatic carbocycles. The summed E-state index contributed by atoms with van der Waals surface area (Å²) in [6.07, 6.45) is 3.27. The van der Waals surface area contributed by atoms with Gasteiger partial charge in [0.25, 0.3) is 5.91 Å². The van der Waals surface area contributed by atoms with Crippen molar-refractivity contribution < 1.29 is 9.53 Å². The summed E-state index contributed by atoms with van der Waals surface area (Å²) < 4.78 is 5.83. The molecule has 0 bridgehead atoms. The number of hydrogen-bond donors (Lipinski definition) is 4. The van der Waals surface area contributed by atoms with Crippen molar-refractivity contribution in [2.24, 2.45) is 0 Å². The second kappa shape index (κ2) is 9.65. The van der Waals surface area contributed by atoms with E-state index in [-0.39, 0.29) is 11.6 Å². The van der Waals surface area contributed by atoms with E-state index in [1.54, 1.807) is 25.4 Å². The molecule has 4 rings (SSSR count). The number of anilines is 5. The Balaban J connectivity index is 1.44. The summed E-state index contributed by atoms with van der Waals surface area (Å²) in [4.78, 5) is 24.7. The predicted molar refractivity (Wildman–Crippen MR) is 128 cm³/mol. The van der Waals surface area contributed by atoms with E-state index in [1.807, 2.05) is 55.5 Å². The number of nitrogens with zero attached hydrogens (tertiary/aromatic N) is 3. The van der Waals surface area contributed by atoms with Crippen LogP contribution in [-0.2, 0) is 0 Å². The summed E-state index contributed by atoms with van der Waals surface area (Å²) in [7, 11) is 1.55. The Bertz CT molecular complexity index is 1280. The van der Waals surface area contributed by atoms with Gasteiger partial charge in [-0.15, -0.1) is 0 Å². The van der Waals surface area contributed by atoms with Crippen LogP contribution >= 0.6 is 0 Å². The van der Waals surface area contributed by atoms with Crippen LogP contribution in [0.25, 0.3) is 0 Å². The number of nitrogen functional groups attached to an aromatic ring is 1. The van der Waals surface area contributed by atoms with Gasteiger partial charge in [0.15, 0.2) is 0 Å². The van der Waals surface area contributed by atoms with Crippen molar-refractivity contribution in [2.75, 3.05) is 23.4 Å². The highest BCUT2D eigenvalue weighted by Gasteiger charge is 2.08. The molecule has 1 amide bonds. The molecule has 0 aliphatic heterocycles. The van der Waals surface area contributed by atoms with Crippen molar-refractivity contribution in [2.45, 2.75) is 6.92 Å². The quantitative estimate of drug-likeness (QED) is 0.311. The summed E-state index contributed by atoms with van der Waals surface area (Å²) >= 11 is 0. The Kier molecular flexibility index (Phi) is 6.31. The molecule has 5 N–H and O–H groups in total. The van der Waals surface area contributed by atoms with Crippen molar-refractivity contribution in [3.05, 3.63) is 84.3 Å². The van der Waals surface area contributed by atoms with E-state index < -0.39 is 0 Å². The maximum absolute atomic E-state index is 11.7. The highest BCUT2D eigenvalue weighted by molar-refractivity contribution is 5.92. The van der Waals surface area contributed by atoms with Gasteiger partial charge in [0.05, 0.1) is 0 Å². The highest BCUT2D eigenvalue weighted by atomic mass is 16.5. The number of amides is 1. The van der Waals surface area contributed by atoms with Gasteiger partial charge in [-0.1, -0.05) is 6.07 Å². The van der Waals surface area contributed by atoms with E-state index >= 15 is 0 Å². The van der Waals surface area contributed by atoms with Crippen LogP contribution < -0.4 is 26.4 Å². The second-order valence-corrected chi connectivity index (χ2v) is 7.18. The fraction of sp³-hybridized carbons (Fsp3) is 0.0833. The minimum atomic E-state index is -0.275. The molecule has 2 aromatic heterocycles. The van der Waals surface area contributed by atoms with Gasteiger partial charge in [0, 0.05) is 48.1 Å². The number of carbonyl (C=O) groups excluding carboxylic acids is 1. The maximum atomic E-state index is 11.7. The van der Waals surface area contributed by atoms with Crippen LogP contribution in [0.2, 0.25) is 0 Å². The lowest BCUT2D eigenvalue weighted by molar-refractivity contribution is 0.0958. The van der Waals surface area contributed by atoms with Gasteiger partial charge in [-0.05, 0) is 55.5 Å². The summed E-state index contributed by atoms with van der Waals surface area (Å²) in [5.41, 5.74) is 9.35. The largest absolute Gasteiger partial charge is 0.457 e. The van der Waals surface area contributed by atoms with Crippen molar-refractivity contribution in [1.82, 2.24) is 20.3 Å². The molecule has 9 heteroatoms. The topological polar surface area (TPSA) is 127 Å². The summed E-state index contributed by atoms with van der Waals surface area (Å²) in [5, 5.41) is 8.99. The number of nitrogens with two attached hydrogens (primary N) is 1. The molecule has 0 atom stereocenters. The van der Waals surface area contributed by atoms with Gasteiger partial charge >= 0.3 is 0 Å². The molecule has 4 aromatic rings. The minimum absolute atomic E-state index is 0.275. The Hall–Kier alpha value is -4.66. The van der Waals surface area contributed by atoms with Gasteiger partial charge in [-0.3, -0.25) is 9.78 Å². The average Bonchev–Trinajstić information content (AvgIpc) is 2.82. The Morgan fingerprint density at radius 1 is 0.939 bits per heavy atom. The van der Waals surface area contributed by atoms with Crippen LogP contribution in [0.5, 0.6) is 11.5 Å². The number of rotatable bonds is 7. The molecule has 9 nitrogen and oxygen atoms in total. The Morgan fingerprint density at radius 3 is 2.52 bits per heavy atom. The Morgan fingerprint density at radius 2 is 1.76 bits per heavy atom. The molecular formula is C24H23N7O2. The molecule has 0 unspecified atom stereocenters. The van der Waals surface area contributed by atoms with E-state index in [0.29, 0.717) is 29.0 Å². The molecule has 0 spiro atoms. The molecule has 0 aliphatic carbocycles. The number of nitrogens with one attached hydrogen (secondary N) is 3. The van der Waals surface area contributed by atoms with E-state index in [2.05, 4.69) is 30.9 Å². The molecular weight excluding hydrogens is 418 g/mol. The maximum Gasteiger partial charge on any atom is 0.269 e. The van der Waals surface area contributed by atoms with Gasteiger partial charge in [0.1, 0.15) is 23.0 Å². The van der Waals surface area contributed by atoms with E-state index in [4.69, 9.17) is 10.5 Å². The van der Waals surface area contributed by atoms with Crippen LogP contribution in [0, 0.1) is 6.92 Å². The molecule has 0 radical (unpaired) electrons. The van der Waals surface area contributed by atoms with Gasteiger partial charge in [-0.25, -0.2) is 4.98 Å². The van der Waals surface area contributed by atoms with E-state index in [9.17, 15) is 4.79 Å². The van der Waals surface area contributed by atoms with Crippen molar-refractivity contribution in [1.29, 1.82) is 0 Å². The number of hydrogen-bond acceptors (Lipinski definition) is 8. The third-order valence-electron chi connectivity index (χ3n) is 4.66. The number of aromatic nitrogens is 3. The minimum Gasteiger partial charge on any atom is -0.457 e. The van der Waals surface area contributed by atoms with Gasteiger partial charge in [-0.2, -0.15) is 4.98 Å². The summed E-state index contributed by atoms with van der Waals surface area (Å²) in [5.74, 6) is 1.99. The number of pyridine rings is 1. The van der Waals surface area contributed by atoms with Crippen LogP contribution in [0.4, 0.5) is 28.8 Å². The third kappa shape index (κ3) is 5.53. The van der Waals surface area contributed by atoms with Gasteiger partial charge in [0.2, 0.25) is 5.95 Å². The van der Waals surface area contributed by atoms with Crippen molar-refractivity contribution >= 4 is 34.7 Å². The smallest absolute Gasteiger partial charge is 0.269 e. The van der Waals surface area contributed by atoms with Gasteiger partial charge < -0.3 is 26.4 Å². The lowest BCUT2D eigenvalue weighted by Crippen LogP contribution is -2.18. The first-order valence-electron chi connectivity index (χ1n) is 10.2. The number of aryl methyl sites for hydroxylation is 1. The first-order valence-corrected chi connectivity index (χ1v) is 10.2. The van der Waals surface area contributed by atoms with Crippen molar-refractivity contribution in [3.8, 4) is 11.5 Å². The normalized spacial score (nSPS) is 10.4. The zero-order valence-electron chi connectivity index (χ0n) is 18.2. The molecule has 0 aliphatic rings. The predicted octanol–water partition coefficient (Wildman–Crippen LogP) is 4.40. The monoisotopic (exact) mass is 441 g/mol. The second-order valence-electron chi connectivity index (χ2n) is 7.18. The highest BCUT2D eigenvalue weighted by Crippen LogP contribution is 2.25. The average molecular weight is 441 g/mol. The molecule has 2 heterocycles. The summed E-state index contributed by atoms with van der Waals surface area (Å²) in [6.45, 7) is 1.93. The number of ether oxygens (including phenoxy) is 1. The molecule has 166 valence electrons. The van der Waals surface area contributed by atoms with Crippen LogP contribution in [0.15, 0.2) is 73.1 Å². The van der Waals surface area contributed by atoms with Crippen molar-refractivity contribution in [3.63, 3.8) is 0 Å². The standard InChI is InChI=1S/C24H23N7O2/c1-15-14-28-24(31-22(15)29-18-5-3-4-16(25)12-18)30-17-6-8-19(9-7-17)33-20-10-11-27-21(13-20)23(32)26-2/h3-14H,25H2,1-2H3,(H,26,32)(H2,28,29,30,31). The lowest BCUT2D eigenvalue weighted by atomic mass is 10.2. The fourth-order valence-corrected chi connectivity index (χ4v) is 2.98. The zero-order chi connectivity index (χ0) is 23.2. The molecule has 0 saturated carbocycles. The summed E-state index contributed by atoms with van der Waals surface area (Å²) in [6, 6.07) is 18.1. The molecule has 0 saturated heterocycles. The van der Waals surface area contributed by atoms with E-state index in [1.165, 1.54) is 6.20 Å². The first-order chi connectivity index (χ1) is 16.0. The third-order valence-corrected chi connectivity index (χ3v) is 4.66. The SMILES string of the molecule is CNC(=O)c1cc(Oc2ccc(Nc3ncc(C)c(Nc4cccc(N)c4)n3)cc2)ccn1. The number of benzene rings is 2. The van der Waals surface area contributed by atoms with Crippen LogP contribution in [0.1, 0.15) is 16.1 Å². The number of carbonyl (C=O) groups is 1. The zero-order valence-corrected chi connectivity index (χ0v) is 18.2.